The normalized spacial score (nSPS) is 26.7. The molecular formula is C17H24F3N3O4. The molecule has 10 heteroatoms. The zero-order valence-electron chi connectivity index (χ0n) is 15.6. The minimum atomic E-state index is -4.33. The molecule has 7 nitrogen and oxygen atoms in total. The van der Waals surface area contributed by atoms with Gasteiger partial charge in [0.1, 0.15) is 18.8 Å². The molecule has 0 atom stereocenters. The fourth-order valence-corrected chi connectivity index (χ4v) is 3.68. The van der Waals surface area contributed by atoms with Crippen LogP contribution in [0.3, 0.4) is 0 Å². The number of carbonyl (C=O) groups excluding carboxylic acids is 1. The molecule has 1 amide bonds. The van der Waals surface area contributed by atoms with Crippen LogP contribution in [0.15, 0.2) is 12.4 Å². The van der Waals surface area contributed by atoms with Crippen molar-refractivity contribution in [3.63, 3.8) is 0 Å². The second kappa shape index (κ2) is 6.57. The van der Waals surface area contributed by atoms with Crippen molar-refractivity contribution in [1.29, 1.82) is 0 Å². The summed E-state index contributed by atoms with van der Waals surface area (Å²) in [4.78, 5) is 11.9. The van der Waals surface area contributed by atoms with Crippen molar-refractivity contribution >= 4 is 6.09 Å². The number of hydrogen-bond acceptors (Lipinski definition) is 5. The first-order valence-corrected chi connectivity index (χ1v) is 8.74. The highest BCUT2D eigenvalue weighted by atomic mass is 19.4. The van der Waals surface area contributed by atoms with Crippen molar-refractivity contribution in [2.45, 2.75) is 62.9 Å². The Morgan fingerprint density at radius 1 is 1.26 bits per heavy atom. The van der Waals surface area contributed by atoms with E-state index in [0.717, 1.165) is 19.3 Å². The number of nitrogens with one attached hydrogen (secondary N) is 1. The van der Waals surface area contributed by atoms with Crippen LogP contribution in [-0.4, -0.2) is 53.0 Å². The van der Waals surface area contributed by atoms with E-state index in [0.29, 0.717) is 5.75 Å². The van der Waals surface area contributed by atoms with E-state index in [-0.39, 0.29) is 24.3 Å². The Kier molecular flexibility index (Phi) is 4.82. The molecule has 0 radical (unpaired) electrons. The third kappa shape index (κ3) is 4.66. The molecule has 0 aliphatic heterocycles. The lowest BCUT2D eigenvalue weighted by Crippen LogP contribution is -2.79. The number of alkyl halides is 3. The SMILES string of the molecule is CC(C)(C)OC(=O)NC12CC(n3cc(OCCOCC(F)(F)F)cn3)(C1)C2. The van der Waals surface area contributed by atoms with Crippen LogP contribution in [-0.2, 0) is 15.0 Å². The molecule has 1 heterocycles. The number of ether oxygens (including phenoxy) is 3. The van der Waals surface area contributed by atoms with Crippen molar-refractivity contribution in [3.8, 4) is 5.75 Å². The standard InChI is InChI=1S/C17H24F3N3O4/c1-14(2,3)27-13(24)22-15-8-16(9-15,10-15)23-7-12(6-21-23)26-5-4-25-11-17(18,19)20/h6-7H,4-5,8-11H2,1-3H3,(H,22,24). The molecule has 3 aliphatic rings. The predicted octanol–water partition coefficient (Wildman–Crippen LogP) is 3.00. The van der Waals surface area contributed by atoms with Crippen LogP contribution in [0.4, 0.5) is 18.0 Å². The smallest absolute Gasteiger partial charge is 0.411 e. The number of carbonyl (C=O) groups is 1. The van der Waals surface area contributed by atoms with Crippen molar-refractivity contribution in [2.75, 3.05) is 19.8 Å². The number of hydrogen-bond donors (Lipinski definition) is 1. The third-order valence-corrected chi connectivity index (χ3v) is 4.58. The minimum absolute atomic E-state index is 0.0128. The second-order valence-electron chi connectivity index (χ2n) is 8.30. The van der Waals surface area contributed by atoms with Crippen molar-refractivity contribution < 1.29 is 32.2 Å². The molecule has 2 bridgehead atoms. The van der Waals surface area contributed by atoms with Gasteiger partial charge >= 0.3 is 12.3 Å². The maximum Gasteiger partial charge on any atom is 0.411 e. The summed E-state index contributed by atoms with van der Waals surface area (Å²) in [5, 5.41) is 7.22. The van der Waals surface area contributed by atoms with E-state index in [1.54, 1.807) is 10.9 Å². The summed E-state index contributed by atoms with van der Waals surface area (Å²) < 4.78 is 52.8. The summed E-state index contributed by atoms with van der Waals surface area (Å²) >= 11 is 0. The lowest BCUT2D eigenvalue weighted by Gasteiger charge is -2.69. The molecule has 0 saturated heterocycles. The van der Waals surface area contributed by atoms with E-state index >= 15 is 0 Å². The van der Waals surface area contributed by atoms with Gasteiger partial charge in [0.05, 0.1) is 30.1 Å². The summed E-state index contributed by atoms with van der Waals surface area (Å²) in [6.45, 7) is 4.02. The molecule has 152 valence electrons. The van der Waals surface area contributed by atoms with E-state index in [4.69, 9.17) is 9.47 Å². The zero-order chi connectivity index (χ0) is 19.9. The summed E-state index contributed by atoms with van der Waals surface area (Å²) in [5.74, 6) is 0.476. The molecule has 0 unspecified atom stereocenters. The maximum absolute atomic E-state index is 12.0. The Bertz CT molecular complexity index is 677. The van der Waals surface area contributed by atoms with Gasteiger partial charge in [-0.15, -0.1) is 0 Å². The topological polar surface area (TPSA) is 74.6 Å². The molecule has 3 saturated carbocycles. The van der Waals surface area contributed by atoms with Gasteiger partial charge in [0.25, 0.3) is 0 Å². The molecule has 3 fully saturated rings. The largest absolute Gasteiger partial charge is 0.488 e. The van der Waals surface area contributed by atoms with Crippen LogP contribution in [0.5, 0.6) is 5.75 Å². The Labute approximate surface area is 155 Å². The van der Waals surface area contributed by atoms with Gasteiger partial charge < -0.3 is 19.5 Å². The highest BCUT2D eigenvalue weighted by Gasteiger charge is 2.70. The fourth-order valence-electron chi connectivity index (χ4n) is 3.68. The molecule has 27 heavy (non-hydrogen) atoms. The van der Waals surface area contributed by atoms with E-state index in [1.807, 2.05) is 20.8 Å². The van der Waals surface area contributed by atoms with Gasteiger partial charge in [0.2, 0.25) is 0 Å². The van der Waals surface area contributed by atoms with Gasteiger partial charge in [-0.3, -0.25) is 4.68 Å². The Balaban J connectivity index is 1.40. The van der Waals surface area contributed by atoms with E-state index in [9.17, 15) is 18.0 Å². The average Bonchev–Trinajstić information content (AvgIpc) is 2.86. The monoisotopic (exact) mass is 391 g/mol. The van der Waals surface area contributed by atoms with Crippen molar-refractivity contribution in [1.82, 2.24) is 15.1 Å². The molecule has 3 aliphatic carbocycles. The van der Waals surface area contributed by atoms with E-state index in [1.165, 1.54) is 6.20 Å². The number of alkyl carbamates (subject to hydrolysis) is 1. The number of halogens is 3. The van der Waals surface area contributed by atoms with Crippen LogP contribution in [0.1, 0.15) is 40.0 Å². The lowest BCUT2D eigenvalue weighted by molar-refractivity contribution is -0.175. The highest BCUT2D eigenvalue weighted by Crippen LogP contribution is 2.65. The molecule has 4 rings (SSSR count). The predicted molar refractivity (Wildman–Crippen MR) is 88.5 cm³/mol. The first kappa shape index (κ1) is 19.8. The average molecular weight is 391 g/mol. The fraction of sp³-hybridized carbons (Fsp3) is 0.765. The summed E-state index contributed by atoms with van der Waals surface area (Å²) in [5.41, 5.74) is -0.909. The second-order valence-corrected chi connectivity index (χ2v) is 8.30. The van der Waals surface area contributed by atoms with Crippen LogP contribution < -0.4 is 10.1 Å². The van der Waals surface area contributed by atoms with Crippen molar-refractivity contribution in [2.24, 2.45) is 0 Å². The molecule has 1 N–H and O–H groups in total. The summed E-state index contributed by atoms with van der Waals surface area (Å²) in [6, 6.07) is 0. The van der Waals surface area contributed by atoms with Gasteiger partial charge in [-0.25, -0.2) is 4.79 Å². The minimum Gasteiger partial charge on any atom is -0.488 e. The molecule has 0 spiro atoms. The zero-order valence-corrected chi connectivity index (χ0v) is 15.6. The van der Waals surface area contributed by atoms with E-state index in [2.05, 4.69) is 15.2 Å². The molecule has 1 aromatic heterocycles. The van der Waals surface area contributed by atoms with Gasteiger partial charge in [0, 0.05) is 0 Å². The third-order valence-electron chi connectivity index (χ3n) is 4.58. The van der Waals surface area contributed by atoms with Crippen LogP contribution in [0.2, 0.25) is 0 Å². The van der Waals surface area contributed by atoms with Gasteiger partial charge in [-0.2, -0.15) is 18.3 Å². The van der Waals surface area contributed by atoms with E-state index < -0.39 is 24.5 Å². The van der Waals surface area contributed by atoms with Gasteiger partial charge in [0.15, 0.2) is 5.75 Å². The van der Waals surface area contributed by atoms with Crippen molar-refractivity contribution in [3.05, 3.63) is 12.4 Å². The van der Waals surface area contributed by atoms with Crippen LogP contribution in [0, 0.1) is 0 Å². The number of aromatic nitrogens is 2. The Morgan fingerprint density at radius 2 is 1.93 bits per heavy atom. The first-order valence-electron chi connectivity index (χ1n) is 8.74. The maximum atomic E-state index is 12.0. The first-order chi connectivity index (χ1) is 12.4. The van der Waals surface area contributed by atoms with Gasteiger partial charge in [-0.1, -0.05) is 0 Å². The van der Waals surface area contributed by atoms with Crippen LogP contribution in [0.25, 0.3) is 0 Å². The Hall–Kier alpha value is -1.97. The van der Waals surface area contributed by atoms with Gasteiger partial charge in [-0.05, 0) is 40.0 Å². The number of rotatable bonds is 7. The van der Waals surface area contributed by atoms with Crippen LogP contribution >= 0.6 is 0 Å². The summed E-state index contributed by atoms with van der Waals surface area (Å²) in [6.07, 6.45) is 0.773. The quantitative estimate of drug-likeness (QED) is 0.724. The molecule has 0 aromatic carbocycles. The molecule has 1 aromatic rings. The molecular weight excluding hydrogens is 367 g/mol. The summed E-state index contributed by atoms with van der Waals surface area (Å²) in [7, 11) is 0. The Morgan fingerprint density at radius 3 is 2.52 bits per heavy atom. The number of amides is 1. The highest BCUT2D eigenvalue weighted by molar-refractivity contribution is 5.70. The lowest BCUT2D eigenvalue weighted by atomic mass is 9.44. The number of nitrogens with zero attached hydrogens (tertiary/aromatic N) is 2.